The Balaban J connectivity index is 2.48. The van der Waals surface area contributed by atoms with Crippen molar-refractivity contribution in [2.24, 2.45) is 4.99 Å². The van der Waals surface area contributed by atoms with Gasteiger partial charge < -0.3 is 5.32 Å². The first kappa shape index (κ1) is 22.4. The van der Waals surface area contributed by atoms with Crippen LogP contribution in [0.25, 0.3) is 0 Å². The first-order valence-corrected chi connectivity index (χ1v) is 8.06. The fraction of sp³-hybridized carbons (Fsp3) is 0.250. The molecule has 6 nitrogen and oxygen atoms in total. The highest BCUT2D eigenvalue weighted by atomic mass is 35.5. The van der Waals surface area contributed by atoms with Gasteiger partial charge in [-0.15, -0.1) is 0 Å². The summed E-state index contributed by atoms with van der Waals surface area (Å²) in [6.07, 6.45) is -10.0. The van der Waals surface area contributed by atoms with Crippen molar-refractivity contribution < 1.29 is 31.1 Å². The quantitative estimate of drug-likeness (QED) is 0.409. The maximum atomic E-state index is 12.9. The first-order chi connectivity index (χ1) is 13.3. The number of alkyl halides is 6. The third-order valence-electron chi connectivity index (χ3n) is 3.22. The van der Waals surface area contributed by atoms with Crippen molar-refractivity contribution in [3.05, 3.63) is 46.2 Å². The van der Waals surface area contributed by atoms with Crippen molar-refractivity contribution in [2.45, 2.75) is 26.2 Å². The van der Waals surface area contributed by atoms with Gasteiger partial charge in [0.05, 0.1) is 16.3 Å². The summed E-state index contributed by atoms with van der Waals surface area (Å²) in [5, 5.41) is 3.33. The van der Waals surface area contributed by atoms with E-state index in [-0.39, 0.29) is 11.0 Å². The van der Waals surface area contributed by atoms with Crippen LogP contribution in [0.2, 0.25) is 5.02 Å². The molecule has 0 saturated heterocycles. The highest BCUT2D eigenvalue weighted by molar-refractivity contribution is 6.33. The average Bonchev–Trinajstić information content (AvgIpc) is 2.53. The van der Waals surface area contributed by atoms with Gasteiger partial charge in [-0.3, -0.25) is 10.1 Å². The third kappa shape index (κ3) is 6.31. The average molecular weight is 440 g/mol. The lowest BCUT2D eigenvalue weighted by Crippen LogP contribution is -2.43. The van der Waals surface area contributed by atoms with E-state index >= 15 is 0 Å². The molecule has 0 fully saturated rings. The molecule has 0 unspecified atom stereocenters. The minimum Gasteiger partial charge on any atom is -0.324 e. The number of amides is 1. The summed E-state index contributed by atoms with van der Waals surface area (Å²) in [5.41, 5.74) is -0.703. The molecule has 1 aromatic carbocycles. The largest absolute Gasteiger partial charge is 0.471 e. The molecule has 13 heteroatoms. The number of benzene rings is 1. The van der Waals surface area contributed by atoms with Gasteiger partial charge in [-0.1, -0.05) is 11.6 Å². The Morgan fingerprint density at radius 1 is 1.03 bits per heavy atom. The van der Waals surface area contributed by atoms with Gasteiger partial charge in [0.1, 0.15) is 0 Å². The molecule has 2 aromatic rings. The van der Waals surface area contributed by atoms with Crippen molar-refractivity contribution in [3.63, 3.8) is 0 Å². The number of carbonyl (C=O) groups excluding carboxylic acids is 1. The Kier molecular flexibility index (Phi) is 6.36. The molecule has 0 saturated carbocycles. The van der Waals surface area contributed by atoms with Crippen LogP contribution in [0.1, 0.15) is 17.0 Å². The van der Waals surface area contributed by atoms with Gasteiger partial charge in [0.25, 0.3) is 5.95 Å². The SMILES string of the molecule is Cc1cc(C)nc(/N=C(\NC(=O)C(F)(F)F)Nc2cc(C(F)(F)F)ccc2Cl)n1. The Morgan fingerprint density at radius 2 is 1.62 bits per heavy atom. The van der Waals surface area contributed by atoms with E-state index in [4.69, 9.17) is 11.6 Å². The number of nitrogens with zero attached hydrogens (tertiary/aromatic N) is 3. The van der Waals surface area contributed by atoms with Crippen LogP contribution in [0.4, 0.5) is 38.0 Å². The maximum absolute atomic E-state index is 12.9. The molecule has 0 atom stereocenters. The number of anilines is 1. The topological polar surface area (TPSA) is 79.3 Å². The molecular formula is C16H12ClF6N5O. The number of carbonyl (C=O) groups is 1. The normalized spacial score (nSPS) is 12.7. The van der Waals surface area contributed by atoms with Gasteiger partial charge in [0.15, 0.2) is 0 Å². The summed E-state index contributed by atoms with van der Waals surface area (Å²) in [6, 6.07) is 3.69. The predicted octanol–water partition coefficient (Wildman–Crippen LogP) is 4.54. The summed E-state index contributed by atoms with van der Waals surface area (Å²) in [5.74, 6) is -3.59. The fourth-order valence-electron chi connectivity index (χ4n) is 2.05. The van der Waals surface area contributed by atoms with Gasteiger partial charge in [-0.05, 0) is 38.1 Å². The maximum Gasteiger partial charge on any atom is 0.471 e. The van der Waals surface area contributed by atoms with Crippen molar-refractivity contribution in [3.8, 4) is 0 Å². The molecule has 2 N–H and O–H groups in total. The Morgan fingerprint density at radius 3 is 2.14 bits per heavy atom. The van der Waals surface area contributed by atoms with E-state index in [1.807, 2.05) is 0 Å². The van der Waals surface area contributed by atoms with E-state index in [1.165, 1.54) is 5.32 Å². The second-order valence-electron chi connectivity index (χ2n) is 5.68. The Labute approximate surface area is 165 Å². The molecule has 0 aliphatic heterocycles. The second-order valence-corrected chi connectivity index (χ2v) is 6.09. The highest BCUT2D eigenvalue weighted by Crippen LogP contribution is 2.33. The van der Waals surface area contributed by atoms with E-state index < -0.39 is 35.5 Å². The van der Waals surface area contributed by atoms with Crippen LogP contribution < -0.4 is 10.6 Å². The summed E-state index contributed by atoms with van der Waals surface area (Å²) in [4.78, 5) is 22.7. The summed E-state index contributed by atoms with van der Waals surface area (Å²) >= 11 is 5.82. The number of aromatic nitrogens is 2. The summed E-state index contributed by atoms with van der Waals surface area (Å²) in [6.45, 7) is 3.14. The Hall–Kier alpha value is -2.89. The number of guanidine groups is 1. The van der Waals surface area contributed by atoms with Crippen molar-refractivity contribution in [2.75, 3.05) is 5.32 Å². The number of rotatable bonds is 2. The first-order valence-electron chi connectivity index (χ1n) is 7.68. The van der Waals surface area contributed by atoms with E-state index in [9.17, 15) is 31.1 Å². The molecular weight excluding hydrogens is 428 g/mol. The van der Waals surface area contributed by atoms with E-state index in [1.54, 1.807) is 19.9 Å². The van der Waals surface area contributed by atoms with E-state index in [0.29, 0.717) is 23.5 Å². The monoisotopic (exact) mass is 439 g/mol. The fourth-order valence-corrected chi connectivity index (χ4v) is 2.21. The molecule has 0 aliphatic rings. The molecule has 0 spiro atoms. The minimum absolute atomic E-state index is 0.256. The number of hydrogen-bond donors (Lipinski definition) is 2. The van der Waals surface area contributed by atoms with E-state index in [0.717, 1.165) is 6.07 Å². The zero-order valence-electron chi connectivity index (χ0n) is 14.7. The van der Waals surface area contributed by atoms with Crippen LogP contribution in [-0.2, 0) is 11.0 Å². The Bertz CT molecular complexity index is 938. The van der Waals surface area contributed by atoms with Crippen LogP contribution >= 0.6 is 11.6 Å². The summed E-state index contributed by atoms with van der Waals surface area (Å²) < 4.78 is 76.5. The molecule has 29 heavy (non-hydrogen) atoms. The molecule has 1 aromatic heterocycles. The molecule has 2 rings (SSSR count). The molecule has 1 heterocycles. The van der Waals surface area contributed by atoms with Crippen molar-refractivity contribution in [1.82, 2.24) is 15.3 Å². The zero-order chi connectivity index (χ0) is 22.0. The van der Waals surface area contributed by atoms with Gasteiger partial charge >= 0.3 is 18.3 Å². The molecule has 1 amide bonds. The molecule has 0 bridgehead atoms. The smallest absolute Gasteiger partial charge is 0.324 e. The predicted molar refractivity (Wildman–Crippen MR) is 92.9 cm³/mol. The third-order valence-corrected chi connectivity index (χ3v) is 3.55. The number of halogens is 7. The number of hydrogen-bond acceptors (Lipinski definition) is 4. The van der Waals surface area contributed by atoms with Gasteiger partial charge in [0.2, 0.25) is 5.96 Å². The van der Waals surface area contributed by atoms with Gasteiger partial charge in [0, 0.05) is 11.4 Å². The lowest BCUT2D eigenvalue weighted by Gasteiger charge is -2.15. The van der Waals surface area contributed by atoms with Crippen LogP contribution in [0, 0.1) is 13.8 Å². The molecule has 0 aliphatic carbocycles. The van der Waals surface area contributed by atoms with Gasteiger partial charge in [-0.25, -0.2) is 9.97 Å². The molecule has 0 radical (unpaired) electrons. The van der Waals surface area contributed by atoms with Crippen molar-refractivity contribution in [1.29, 1.82) is 0 Å². The number of aryl methyl sites for hydroxylation is 2. The summed E-state index contributed by atoms with van der Waals surface area (Å²) in [7, 11) is 0. The van der Waals surface area contributed by atoms with E-state index in [2.05, 4.69) is 20.3 Å². The van der Waals surface area contributed by atoms with Crippen LogP contribution in [0.15, 0.2) is 29.3 Å². The zero-order valence-corrected chi connectivity index (χ0v) is 15.5. The lowest BCUT2D eigenvalue weighted by molar-refractivity contribution is -0.171. The minimum atomic E-state index is -5.27. The van der Waals surface area contributed by atoms with Crippen LogP contribution in [0.3, 0.4) is 0 Å². The van der Waals surface area contributed by atoms with Crippen LogP contribution in [-0.4, -0.2) is 28.0 Å². The lowest BCUT2D eigenvalue weighted by atomic mass is 10.2. The standard InChI is InChI=1S/C16H12ClF6N5O/c1-7-5-8(2)25-13(24-7)28-14(27-12(29)16(21,22)23)26-11-6-9(15(18,19)20)3-4-10(11)17/h3-6H,1-2H3,(H2,24,25,26,27,28,29). The highest BCUT2D eigenvalue weighted by Gasteiger charge is 2.39. The number of nitrogens with one attached hydrogen (secondary N) is 2. The van der Waals surface area contributed by atoms with Crippen molar-refractivity contribution >= 4 is 35.1 Å². The van der Waals surface area contributed by atoms with Gasteiger partial charge in [-0.2, -0.15) is 31.3 Å². The second kappa shape index (κ2) is 8.23. The molecule has 156 valence electrons. The van der Waals surface area contributed by atoms with Crippen LogP contribution in [0.5, 0.6) is 0 Å². The number of aliphatic imine (C=N–C) groups is 1.